The molecule has 0 aliphatic carbocycles. The number of hydrogen-bond acceptors (Lipinski definition) is 3. The molecule has 2 heterocycles. The predicted octanol–water partition coefficient (Wildman–Crippen LogP) is 5.66. The van der Waals surface area contributed by atoms with Crippen molar-refractivity contribution in [2.24, 2.45) is 11.7 Å². The van der Waals surface area contributed by atoms with Crippen molar-refractivity contribution in [3.05, 3.63) is 65.0 Å². The molecule has 2 aromatic carbocycles. The van der Waals surface area contributed by atoms with Crippen LogP contribution in [0.5, 0.6) is 0 Å². The molecule has 1 unspecified atom stereocenters. The summed E-state index contributed by atoms with van der Waals surface area (Å²) in [5.74, 6) is 0.844. The Morgan fingerprint density at radius 1 is 0.971 bits per heavy atom. The lowest BCUT2D eigenvalue weighted by atomic mass is 9.96. The molecule has 3 aromatic rings. The van der Waals surface area contributed by atoms with Crippen molar-refractivity contribution in [3.63, 3.8) is 0 Å². The van der Waals surface area contributed by atoms with Crippen molar-refractivity contribution >= 4 is 11.0 Å². The number of para-hydroxylation sites is 2. The molecule has 34 heavy (non-hydrogen) atoms. The minimum atomic E-state index is -4.90. The van der Waals surface area contributed by atoms with Gasteiger partial charge in [0.2, 0.25) is 0 Å². The molecule has 1 aliphatic rings. The molecule has 4 rings (SSSR count). The van der Waals surface area contributed by atoms with Crippen molar-refractivity contribution in [1.82, 2.24) is 14.5 Å². The fourth-order valence-corrected chi connectivity index (χ4v) is 4.55. The average molecular weight is 484 g/mol. The minimum Gasteiger partial charge on any atom is -0.326 e. The van der Waals surface area contributed by atoms with Crippen LogP contribution >= 0.6 is 0 Å². The maximum Gasteiger partial charge on any atom is 0.416 e. The van der Waals surface area contributed by atoms with E-state index in [1.807, 2.05) is 28.8 Å². The van der Waals surface area contributed by atoms with E-state index in [0.717, 1.165) is 43.6 Å². The van der Waals surface area contributed by atoms with Crippen LogP contribution in [-0.2, 0) is 25.3 Å². The van der Waals surface area contributed by atoms with Gasteiger partial charge in [0.25, 0.3) is 0 Å². The van der Waals surface area contributed by atoms with Crippen molar-refractivity contribution in [2.45, 2.75) is 44.2 Å². The molecule has 0 bridgehead atoms. The number of halogens is 6. The van der Waals surface area contributed by atoms with Crippen LogP contribution in [-0.4, -0.2) is 34.6 Å². The van der Waals surface area contributed by atoms with Gasteiger partial charge < -0.3 is 15.2 Å². The number of piperidine rings is 1. The molecule has 10 heteroatoms. The Morgan fingerprint density at radius 3 is 2.15 bits per heavy atom. The largest absolute Gasteiger partial charge is 0.416 e. The highest BCUT2D eigenvalue weighted by molar-refractivity contribution is 5.76. The van der Waals surface area contributed by atoms with E-state index in [1.54, 1.807) is 0 Å². The number of alkyl halides is 6. The van der Waals surface area contributed by atoms with Crippen LogP contribution in [0.2, 0.25) is 0 Å². The average Bonchev–Trinajstić information content (AvgIpc) is 3.12. The summed E-state index contributed by atoms with van der Waals surface area (Å²) in [6.07, 6.45) is -8.03. The van der Waals surface area contributed by atoms with Crippen LogP contribution in [0.25, 0.3) is 11.0 Å². The standard InChI is InChI=1S/C24H26F6N4/c1-33-8-6-15(7-9-33)14-34-21-5-3-2-4-20(21)32-22(34)19(31)12-16-10-17(23(25,26)27)13-18(11-16)24(28,29)30/h2-5,10-11,13,15,19H,6-9,12,14,31H2,1H3. The minimum absolute atomic E-state index is 0.129. The summed E-state index contributed by atoms with van der Waals surface area (Å²) in [5.41, 5.74) is 5.11. The molecule has 0 radical (unpaired) electrons. The lowest BCUT2D eigenvalue weighted by Crippen LogP contribution is -2.32. The Balaban J connectivity index is 1.68. The van der Waals surface area contributed by atoms with Crippen molar-refractivity contribution in [3.8, 4) is 0 Å². The third-order valence-electron chi connectivity index (χ3n) is 6.40. The van der Waals surface area contributed by atoms with Gasteiger partial charge in [-0.05, 0) is 81.2 Å². The topological polar surface area (TPSA) is 47.1 Å². The summed E-state index contributed by atoms with van der Waals surface area (Å²) in [6.45, 7) is 2.57. The zero-order chi connectivity index (χ0) is 24.7. The Hall–Kier alpha value is -2.59. The normalized spacial score (nSPS) is 17.4. The third-order valence-corrected chi connectivity index (χ3v) is 6.40. The first-order valence-corrected chi connectivity index (χ1v) is 11.1. The number of hydrogen-bond donors (Lipinski definition) is 1. The fourth-order valence-electron chi connectivity index (χ4n) is 4.55. The zero-order valence-corrected chi connectivity index (χ0v) is 18.6. The van der Waals surface area contributed by atoms with E-state index in [0.29, 0.717) is 23.8 Å². The number of nitrogens with two attached hydrogens (primary N) is 1. The molecule has 184 valence electrons. The van der Waals surface area contributed by atoms with Crippen LogP contribution in [0, 0.1) is 5.92 Å². The Morgan fingerprint density at radius 2 is 1.56 bits per heavy atom. The number of imidazole rings is 1. The van der Waals surface area contributed by atoms with Gasteiger partial charge in [0.15, 0.2) is 0 Å². The Labute approximate surface area is 193 Å². The van der Waals surface area contributed by atoms with E-state index in [2.05, 4.69) is 16.9 Å². The maximum atomic E-state index is 13.3. The SMILES string of the molecule is CN1CCC(Cn2c(C(N)Cc3cc(C(F)(F)F)cc(C(F)(F)F)c3)nc3ccccc32)CC1. The third kappa shape index (κ3) is 5.38. The zero-order valence-electron chi connectivity index (χ0n) is 18.6. The van der Waals surface area contributed by atoms with Gasteiger partial charge in [0, 0.05) is 6.54 Å². The molecule has 1 atom stereocenters. The summed E-state index contributed by atoms with van der Waals surface area (Å²) >= 11 is 0. The first-order chi connectivity index (χ1) is 15.9. The number of benzene rings is 2. The van der Waals surface area contributed by atoms with E-state index in [1.165, 1.54) is 0 Å². The van der Waals surface area contributed by atoms with Gasteiger partial charge in [-0.3, -0.25) is 0 Å². The summed E-state index contributed by atoms with van der Waals surface area (Å²) in [7, 11) is 2.06. The number of likely N-dealkylation sites (tertiary alicyclic amines) is 1. The second kappa shape index (κ2) is 9.22. The molecule has 4 nitrogen and oxygen atoms in total. The van der Waals surface area contributed by atoms with Gasteiger partial charge in [-0.25, -0.2) is 4.98 Å². The molecule has 2 N–H and O–H groups in total. The number of fused-ring (bicyclic) bond motifs is 1. The first kappa shape index (κ1) is 24.5. The van der Waals surface area contributed by atoms with Crippen LogP contribution in [0.15, 0.2) is 42.5 Å². The molecule has 0 amide bonds. The molecule has 1 saturated heterocycles. The van der Waals surface area contributed by atoms with E-state index in [4.69, 9.17) is 5.73 Å². The molecular weight excluding hydrogens is 458 g/mol. The lowest BCUT2D eigenvalue weighted by Gasteiger charge is -2.30. The van der Waals surface area contributed by atoms with Crippen molar-refractivity contribution in [1.29, 1.82) is 0 Å². The van der Waals surface area contributed by atoms with Gasteiger partial charge in [0.05, 0.1) is 28.2 Å². The summed E-state index contributed by atoms with van der Waals surface area (Å²) < 4.78 is 81.6. The molecule has 0 spiro atoms. The smallest absolute Gasteiger partial charge is 0.326 e. The van der Waals surface area contributed by atoms with Crippen LogP contribution in [0.3, 0.4) is 0 Å². The molecule has 1 aromatic heterocycles. The van der Waals surface area contributed by atoms with E-state index in [9.17, 15) is 26.3 Å². The molecule has 0 saturated carbocycles. The second-order valence-electron chi connectivity index (χ2n) is 9.04. The predicted molar refractivity (Wildman–Crippen MR) is 117 cm³/mol. The quantitative estimate of drug-likeness (QED) is 0.476. The van der Waals surface area contributed by atoms with Crippen molar-refractivity contribution in [2.75, 3.05) is 20.1 Å². The lowest BCUT2D eigenvalue weighted by molar-refractivity contribution is -0.143. The highest BCUT2D eigenvalue weighted by Gasteiger charge is 2.37. The number of aromatic nitrogens is 2. The fraction of sp³-hybridized carbons (Fsp3) is 0.458. The van der Waals surface area contributed by atoms with E-state index < -0.39 is 29.5 Å². The van der Waals surface area contributed by atoms with Gasteiger partial charge in [-0.15, -0.1) is 0 Å². The van der Waals surface area contributed by atoms with Crippen molar-refractivity contribution < 1.29 is 26.3 Å². The molecule has 1 aliphatic heterocycles. The highest BCUT2D eigenvalue weighted by Crippen LogP contribution is 2.37. The highest BCUT2D eigenvalue weighted by atomic mass is 19.4. The molecular formula is C24H26F6N4. The monoisotopic (exact) mass is 484 g/mol. The molecule has 1 fully saturated rings. The number of rotatable bonds is 5. The van der Waals surface area contributed by atoms with E-state index >= 15 is 0 Å². The first-order valence-electron chi connectivity index (χ1n) is 11.1. The Kier molecular flexibility index (Phi) is 6.65. The Bertz CT molecular complexity index is 1110. The van der Waals surface area contributed by atoms with Gasteiger partial charge in [0.1, 0.15) is 5.82 Å². The second-order valence-corrected chi connectivity index (χ2v) is 9.04. The van der Waals surface area contributed by atoms with Crippen LogP contribution in [0.4, 0.5) is 26.3 Å². The van der Waals surface area contributed by atoms with Gasteiger partial charge >= 0.3 is 12.4 Å². The van der Waals surface area contributed by atoms with Crippen LogP contribution in [0.1, 0.15) is 41.4 Å². The van der Waals surface area contributed by atoms with E-state index in [-0.39, 0.29) is 18.1 Å². The maximum absolute atomic E-state index is 13.3. The number of nitrogens with zero attached hydrogens (tertiary/aromatic N) is 3. The summed E-state index contributed by atoms with van der Waals surface area (Å²) in [4.78, 5) is 6.87. The van der Waals surface area contributed by atoms with Gasteiger partial charge in [-0.1, -0.05) is 12.1 Å². The summed E-state index contributed by atoms with van der Waals surface area (Å²) in [5, 5.41) is 0. The van der Waals surface area contributed by atoms with Crippen LogP contribution < -0.4 is 5.73 Å². The van der Waals surface area contributed by atoms with Gasteiger partial charge in [-0.2, -0.15) is 26.3 Å². The summed E-state index contributed by atoms with van der Waals surface area (Å²) in [6, 6.07) is 8.15.